The quantitative estimate of drug-likeness (QED) is 0.750. The SMILES string of the molecule is CC(C)=CC1=C[C@H](C)[C@H]2CC[C@](C)(NC=O)C3CCC(C)[C@@H]1[C@@H]32. The van der Waals surface area contributed by atoms with Crippen molar-refractivity contribution in [2.45, 2.75) is 65.8 Å². The molecule has 0 saturated heterocycles. The monoisotopic (exact) mass is 315 g/mol. The minimum absolute atomic E-state index is 0.00551. The summed E-state index contributed by atoms with van der Waals surface area (Å²) < 4.78 is 0. The Kier molecular flexibility index (Phi) is 4.46. The summed E-state index contributed by atoms with van der Waals surface area (Å²) in [5.74, 6) is 4.25. The maximum atomic E-state index is 11.2. The summed E-state index contributed by atoms with van der Waals surface area (Å²) in [5.41, 5.74) is 2.97. The van der Waals surface area contributed by atoms with Crippen molar-refractivity contribution in [3.63, 3.8) is 0 Å². The highest BCUT2D eigenvalue weighted by Gasteiger charge is 2.54. The van der Waals surface area contributed by atoms with Gasteiger partial charge in [0.25, 0.3) is 0 Å². The molecule has 2 nitrogen and oxygen atoms in total. The highest BCUT2D eigenvalue weighted by molar-refractivity contribution is 5.48. The van der Waals surface area contributed by atoms with Crippen LogP contribution >= 0.6 is 0 Å². The molecule has 1 amide bonds. The summed E-state index contributed by atoms with van der Waals surface area (Å²) in [7, 11) is 0. The molecule has 0 aromatic rings. The van der Waals surface area contributed by atoms with Crippen LogP contribution in [0.5, 0.6) is 0 Å². The van der Waals surface area contributed by atoms with E-state index in [0.29, 0.717) is 17.8 Å². The van der Waals surface area contributed by atoms with E-state index < -0.39 is 0 Å². The molecule has 2 unspecified atom stereocenters. The molecule has 2 fully saturated rings. The van der Waals surface area contributed by atoms with Gasteiger partial charge in [-0.3, -0.25) is 4.79 Å². The van der Waals surface area contributed by atoms with Crippen molar-refractivity contribution in [2.24, 2.45) is 35.5 Å². The maximum Gasteiger partial charge on any atom is 0.207 e. The molecule has 3 aliphatic carbocycles. The van der Waals surface area contributed by atoms with Gasteiger partial charge in [0.05, 0.1) is 0 Å². The molecular weight excluding hydrogens is 282 g/mol. The number of hydrogen-bond acceptors (Lipinski definition) is 1. The second kappa shape index (κ2) is 6.11. The Labute approximate surface area is 141 Å². The smallest absolute Gasteiger partial charge is 0.207 e. The van der Waals surface area contributed by atoms with Crippen LogP contribution in [0, 0.1) is 35.5 Å². The number of carbonyl (C=O) groups is 1. The van der Waals surface area contributed by atoms with Crippen molar-refractivity contribution in [2.75, 3.05) is 0 Å². The van der Waals surface area contributed by atoms with E-state index in [9.17, 15) is 4.79 Å². The van der Waals surface area contributed by atoms with Crippen LogP contribution in [0.1, 0.15) is 60.3 Å². The average Bonchev–Trinajstić information content (AvgIpc) is 2.45. The molecule has 0 aliphatic heterocycles. The largest absolute Gasteiger partial charge is 0.353 e. The van der Waals surface area contributed by atoms with Gasteiger partial charge in [0, 0.05) is 5.54 Å². The van der Waals surface area contributed by atoms with Gasteiger partial charge in [-0.2, -0.15) is 0 Å². The lowest BCUT2D eigenvalue weighted by atomic mass is 9.48. The van der Waals surface area contributed by atoms with Crippen LogP contribution in [0.15, 0.2) is 23.3 Å². The fourth-order valence-corrected chi connectivity index (χ4v) is 6.09. The second-order valence-corrected chi connectivity index (χ2v) is 8.89. The summed E-state index contributed by atoms with van der Waals surface area (Å²) in [5, 5.41) is 3.22. The summed E-state index contributed by atoms with van der Waals surface area (Å²) in [6, 6.07) is 0. The van der Waals surface area contributed by atoms with Crippen molar-refractivity contribution in [3.8, 4) is 0 Å². The number of hydrogen-bond donors (Lipinski definition) is 1. The third-order valence-corrected chi connectivity index (χ3v) is 7.09. The number of nitrogens with one attached hydrogen (secondary N) is 1. The van der Waals surface area contributed by atoms with Gasteiger partial charge in [-0.15, -0.1) is 0 Å². The highest BCUT2D eigenvalue weighted by atomic mass is 16.1. The molecule has 0 aromatic carbocycles. The molecular formula is C21H33NO. The van der Waals surface area contributed by atoms with Gasteiger partial charge in [-0.1, -0.05) is 31.6 Å². The Bertz CT molecular complexity index is 530. The molecule has 128 valence electrons. The fraction of sp³-hybridized carbons (Fsp3) is 0.762. The Morgan fingerprint density at radius 3 is 2.65 bits per heavy atom. The molecule has 0 spiro atoms. The van der Waals surface area contributed by atoms with Gasteiger partial charge >= 0.3 is 0 Å². The molecule has 0 bridgehead atoms. The van der Waals surface area contributed by atoms with Gasteiger partial charge in [-0.05, 0) is 87.5 Å². The Morgan fingerprint density at radius 1 is 1.26 bits per heavy atom. The zero-order valence-electron chi connectivity index (χ0n) is 15.4. The second-order valence-electron chi connectivity index (χ2n) is 8.89. The maximum absolute atomic E-state index is 11.2. The van der Waals surface area contributed by atoms with E-state index >= 15 is 0 Å². The van der Waals surface area contributed by atoms with Crippen molar-refractivity contribution in [1.82, 2.24) is 5.32 Å². The highest BCUT2D eigenvalue weighted by Crippen LogP contribution is 2.58. The Morgan fingerprint density at radius 2 is 2.00 bits per heavy atom. The van der Waals surface area contributed by atoms with E-state index in [0.717, 1.165) is 30.6 Å². The molecule has 2 saturated carbocycles. The molecule has 0 radical (unpaired) electrons. The van der Waals surface area contributed by atoms with Gasteiger partial charge in [0.2, 0.25) is 6.41 Å². The predicted octanol–water partition coefficient (Wildman–Crippen LogP) is 4.72. The minimum atomic E-state index is -0.00551. The third-order valence-electron chi connectivity index (χ3n) is 7.09. The van der Waals surface area contributed by atoms with Crippen molar-refractivity contribution in [1.29, 1.82) is 0 Å². The van der Waals surface area contributed by atoms with E-state index in [1.54, 1.807) is 5.57 Å². The lowest BCUT2D eigenvalue weighted by Gasteiger charge is -2.59. The van der Waals surface area contributed by atoms with Crippen LogP contribution in [-0.2, 0) is 4.79 Å². The normalized spacial score (nSPS) is 45.5. The van der Waals surface area contributed by atoms with Crippen molar-refractivity contribution in [3.05, 3.63) is 23.3 Å². The average molecular weight is 316 g/mol. The van der Waals surface area contributed by atoms with Gasteiger partial charge in [0.1, 0.15) is 0 Å². The van der Waals surface area contributed by atoms with E-state index in [1.165, 1.54) is 24.8 Å². The standard InChI is InChI=1S/C21H33NO/c1-13(2)10-16-11-15(4)17-8-9-21(5,22-12-23)18-7-6-14(3)19(16)20(17)18/h10-12,14-15,17-20H,6-9H2,1-5H3,(H,22,23)/t14?,15-,17+,18?,19-,20+,21-/m0/s1. The minimum Gasteiger partial charge on any atom is -0.353 e. The zero-order valence-corrected chi connectivity index (χ0v) is 15.4. The molecule has 3 rings (SSSR count). The summed E-state index contributed by atoms with van der Waals surface area (Å²) in [6.45, 7) is 11.6. The van der Waals surface area contributed by atoms with Crippen LogP contribution in [0.25, 0.3) is 0 Å². The number of carbonyl (C=O) groups excluding carboxylic acids is 1. The first-order chi connectivity index (χ1) is 10.9. The fourth-order valence-electron chi connectivity index (χ4n) is 6.09. The van der Waals surface area contributed by atoms with Crippen LogP contribution in [-0.4, -0.2) is 11.9 Å². The van der Waals surface area contributed by atoms with Crippen LogP contribution in [0.4, 0.5) is 0 Å². The summed E-state index contributed by atoms with van der Waals surface area (Å²) in [6.07, 6.45) is 10.9. The topological polar surface area (TPSA) is 29.1 Å². The molecule has 2 heteroatoms. The third kappa shape index (κ3) is 2.79. The lowest BCUT2D eigenvalue weighted by Crippen LogP contribution is -2.60. The van der Waals surface area contributed by atoms with Gasteiger partial charge < -0.3 is 5.32 Å². The van der Waals surface area contributed by atoms with E-state index in [1.807, 2.05) is 0 Å². The summed E-state index contributed by atoms with van der Waals surface area (Å²) >= 11 is 0. The molecule has 7 atom stereocenters. The Hall–Kier alpha value is -1.05. The first kappa shape index (κ1) is 16.8. The van der Waals surface area contributed by atoms with E-state index in [-0.39, 0.29) is 5.54 Å². The Balaban J connectivity index is 2.03. The number of allylic oxidation sites excluding steroid dienone is 4. The van der Waals surface area contributed by atoms with Crippen molar-refractivity contribution >= 4 is 6.41 Å². The van der Waals surface area contributed by atoms with Gasteiger partial charge in [0.15, 0.2) is 0 Å². The molecule has 0 aromatic heterocycles. The molecule has 0 heterocycles. The summed E-state index contributed by atoms with van der Waals surface area (Å²) in [4.78, 5) is 11.2. The predicted molar refractivity (Wildman–Crippen MR) is 95.9 cm³/mol. The number of amides is 1. The van der Waals surface area contributed by atoms with Crippen LogP contribution in [0.3, 0.4) is 0 Å². The lowest BCUT2D eigenvalue weighted by molar-refractivity contribution is -0.115. The number of rotatable bonds is 3. The van der Waals surface area contributed by atoms with Crippen LogP contribution in [0.2, 0.25) is 0 Å². The van der Waals surface area contributed by atoms with Crippen LogP contribution < -0.4 is 5.32 Å². The van der Waals surface area contributed by atoms with Crippen molar-refractivity contribution < 1.29 is 4.79 Å². The molecule has 1 N–H and O–H groups in total. The first-order valence-electron chi connectivity index (χ1n) is 9.45. The zero-order chi connectivity index (χ0) is 16.8. The molecule has 23 heavy (non-hydrogen) atoms. The van der Waals surface area contributed by atoms with Gasteiger partial charge in [-0.25, -0.2) is 0 Å². The molecule has 3 aliphatic rings. The first-order valence-corrected chi connectivity index (χ1v) is 9.45. The van der Waals surface area contributed by atoms with E-state index in [4.69, 9.17) is 0 Å². The van der Waals surface area contributed by atoms with E-state index in [2.05, 4.69) is 52.1 Å².